The van der Waals surface area contributed by atoms with Gasteiger partial charge in [0.05, 0.1) is 6.07 Å². The molecule has 0 bridgehead atoms. The highest BCUT2D eigenvalue weighted by Gasteiger charge is 2.15. The number of benzene rings is 1. The zero-order valence-corrected chi connectivity index (χ0v) is 20.3. The van der Waals surface area contributed by atoms with E-state index in [4.69, 9.17) is 5.26 Å². The van der Waals surface area contributed by atoms with Crippen LogP contribution >= 0.6 is 11.3 Å². The van der Waals surface area contributed by atoms with Gasteiger partial charge >= 0.3 is 0 Å². The van der Waals surface area contributed by atoms with Gasteiger partial charge in [0.25, 0.3) is 11.5 Å². The van der Waals surface area contributed by atoms with Gasteiger partial charge in [0.2, 0.25) is 0 Å². The Hall–Kier alpha value is -3.44. The summed E-state index contributed by atoms with van der Waals surface area (Å²) in [5.41, 5.74) is 1.63. The Balaban J connectivity index is 1.79. The highest BCUT2D eigenvalue weighted by Crippen LogP contribution is 2.12. The zero-order valence-electron chi connectivity index (χ0n) is 19.5. The van der Waals surface area contributed by atoms with Crippen molar-refractivity contribution >= 4 is 34.7 Å². The van der Waals surface area contributed by atoms with Gasteiger partial charge < -0.3 is 20.4 Å². The van der Waals surface area contributed by atoms with Gasteiger partial charge in [-0.15, -0.1) is 11.3 Å². The Morgan fingerprint density at radius 1 is 1.24 bits per heavy atom. The van der Waals surface area contributed by atoms with Crippen LogP contribution in [0.1, 0.15) is 12.5 Å². The van der Waals surface area contributed by atoms with Gasteiger partial charge in [-0.3, -0.25) is 14.2 Å². The SMILES string of the molecule is CCn1c(=O)/c(=C\Nc2cccc(CCN3CCN(C)CC3)c2)s/c1=C(/C#N)C(=O)NCC#N. The van der Waals surface area contributed by atoms with E-state index in [2.05, 4.69) is 39.6 Å². The number of anilines is 1. The zero-order chi connectivity index (χ0) is 24.5. The van der Waals surface area contributed by atoms with Crippen molar-refractivity contribution < 1.29 is 4.79 Å². The number of carbonyl (C=O) groups excluding carboxylic acids is 1. The van der Waals surface area contributed by atoms with Crippen LogP contribution in [0.5, 0.6) is 0 Å². The number of amides is 1. The molecule has 0 aliphatic carbocycles. The molecular weight excluding hydrogens is 450 g/mol. The Labute approximate surface area is 202 Å². The van der Waals surface area contributed by atoms with Crippen LogP contribution in [0, 0.1) is 22.7 Å². The van der Waals surface area contributed by atoms with E-state index in [9.17, 15) is 14.9 Å². The fraction of sp³-hybridized carbons (Fsp3) is 0.417. The summed E-state index contributed by atoms with van der Waals surface area (Å²) in [6, 6.07) is 11.8. The van der Waals surface area contributed by atoms with E-state index in [1.165, 1.54) is 10.1 Å². The predicted molar refractivity (Wildman–Crippen MR) is 133 cm³/mol. The minimum atomic E-state index is -0.667. The van der Waals surface area contributed by atoms with E-state index in [1.54, 1.807) is 19.2 Å². The number of thiazole rings is 1. The molecule has 0 saturated carbocycles. The fourth-order valence-corrected chi connectivity index (χ4v) is 4.81. The maximum absolute atomic E-state index is 12.9. The summed E-state index contributed by atoms with van der Waals surface area (Å²) in [7, 11) is 2.15. The maximum atomic E-state index is 12.9. The van der Waals surface area contributed by atoms with E-state index in [0.717, 1.165) is 56.2 Å². The molecule has 2 aromatic rings. The van der Waals surface area contributed by atoms with Crippen molar-refractivity contribution in [2.45, 2.75) is 19.9 Å². The number of likely N-dealkylation sites (N-methyl/N-ethyl adjacent to an activating group) is 1. The average Bonchev–Trinajstić information content (AvgIpc) is 3.16. The number of rotatable bonds is 8. The Morgan fingerprint density at radius 3 is 2.68 bits per heavy atom. The van der Waals surface area contributed by atoms with Gasteiger partial charge in [0.15, 0.2) is 5.57 Å². The van der Waals surface area contributed by atoms with Gasteiger partial charge in [-0.2, -0.15) is 10.5 Å². The third kappa shape index (κ3) is 6.33. The molecule has 1 amide bonds. The third-order valence-electron chi connectivity index (χ3n) is 5.71. The molecule has 34 heavy (non-hydrogen) atoms. The first kappa shape index (κ1) is 25.2. The predicted octanol–water partition coefficient (Wildman–Crippen LogP) is -0.116. The molecule has 0 atom stereocenters. The van der Waals surface area contributed by atoms with Gasteiger partial charge in [-0.1, -0.05) is 12.1 Å². The van der Waals surface area contributed by atoms with Crippen molar-refractivity contribution in [1.82, 2.24) is 19.7 Å². The normalized spacial score (nSPS) is 15.9. The lowest BCUT2D eigenvalue weighted by Gasteiger charge is -2.32. The molecule has 178 valence electrons. The summed E-state index contributed by atoms with van der Waals surface area (Å²) in [4.78, 5) is 29.9. The van der Waals surface area contributed by atoms with Crippen LogP contribution in [0.25, 0.3) is 11.8 Å². The monoisotopic (exact) mass is 479 g/mol. The van der Waals surface area contributed by atoms with Crippen LogP contribution in [0.2, 0.25) is 0 Å². The standard InChI is InChI=1S/C24H29N7O2S/c1-3-31-23(33)21(34-24(31)20(16-26)22(32)27-9-8-25)17-28-19-6-4-5-18(15-19)7-10-30-13-11-29(2)12-14-30/h4-6,15,17,28H,3,7,9-14H2,1-2H3,(H,27,32)/b21-17+,24-20-. The lowest BCUT2D eigenvalue weighted by atomic mass is 10.1. The Kier molecular flexibility index (Phi) is 9.00. The maximum Gasteiger partial charge on any atom is 0.270 e. The third-order valence-corrected chi connectivity index (χ3v) is 6.84. The molecular formula is C24H29N7O2S. The minimum Gasteiger partial charge on any atom is -0.360 e. The molecule has 2 N–H and O–H groups in total. The smallest absolute Gasteiger partial charge is 0.270 e. The molecule has 10 heteroatoms. The molecule has 2 heterocycles. The lowest BCUT2D eigenvalue weighted by molar-refractivity contribution is -0.115. The van der Waals surface area contributed by atoms with Crippen LogP contribution in [0.3, 0.4) is 0 Å². The Bertz CT molecular complexity index is 1270. The molecule has 0 radical (unpaired) electrons. The molecule has 1 aliphatic rings. The molecule has 1 saturated heterocycles. The lowest BCUT2D eigenvalue weighted by Crippen LogP contribution is -2.45. The van der Waals surface area contributed by atoms with Gasteiger partial charge in [0, 0.05) is 51.2 Å². The number of nitrogens with one attached hydrogen (secondary N) is 2. The minimum absolute atomic E-state index is 0.176. The number of nitriles is 2. The first-order valence-electron chi connectivity index (χ1n) is 11.2. The highest BCUT2D eigenvalue weighted by atomic mass is 32.1. The second kappa shape index (κ2) is 12.1. The van der Waals surface area contributed by atoms with Gasteiger partial charge in [-0.25, -0.2) is 0 Å². The highest BCUT2D eigenvalue weighted by molar-refractivity contribution is 7.07. The molecule has 1 fully saturated rings. The number of nitrogens with zero attached hydrogens (tertiary/aromatic N) is 5. The number of piperazine rings is 1. The van der Waals surface area contributed by atoms with Crippen LogP contribution in [-0.4, -0.2) is 66.6 Å². The van der Waals surface area contributed by atoms with Crippen molar-refractivity contribution in [2.75, 3.05) is 51.6 Å². The number of carbonyl (C=O) groups is 1. The van der Waals surface area contributed by atoms with Crippen LogP contribution < -0.4 is 25.4 Å². The summed E-state index contributed by atoms with van der Waals surface area (Å²) < 4.78 is 2.06. The van der Waals surface area contributed by atoms with E-state index >= 15 is 0 Å². The number of hydrogen-bond donors (Lipinski definition) is 2. The first-order valence-corrected chi connectivity index (χ1v) is 12.0. The molecule has 3 rings (SSSR count). The Morgan fingerprint density at radius 2 is 2.00 bits per heavy atom. The fourth-order valence-electron chi connectivity index (χ4n) is 3.72. The summed E-state index contributed by atoms with van der Waals surface area (Å²) in [5.74, 6) is -0.667. The summed E-state index contributed by atoms with van der Waals surface area (Å²) in [6.07, 6.45) is 2.56. The van der Waals surface area contributed by atoms with Crippen LogP contribution in [-0.2, 0) is 17.8 Å². The van der Waals surface area contributed by atoms with E-state index in [1.807, 2.05) is 18.2 Å². The van der Waals surface area contributed by atoms with E-state index in [-0.39, 0.29) is 22.3 Å². The van der Waals surface area contributed by atoms with Gasteiger partial charge in [-0.05, 0) is 38.1 Å². The molecule has 9 nitrogen and oxygen atoms in total. The molecule has 0 unspecified atom stereocenters. The van der Waals surface area contributed by atoms with Crippen LogP contribution in [0.15, 0.2) is 29.1 Å². The van der Waals surface area contributed by atoms with Gasteiger partial charge in [0.1, 0.15) is 21.8 Å². The summed E-state index contributed by atoms with van der Waals surface area (Å²) in [5, 5.41) is 23.7. The number of aromatic nitrogens is 1. The summed E-state index contributed by atoms with van der Waals surface area (Å²) in [6.45, 7) is 7.26. The molecule has 1 aliphatic heterocycles. The van der Waals surface area contributed by atoms with Crippen molar-refractivity contribution in [2.24, 2.45) is 0 Å². The molecule has 1 aromatic carbocycles. The van der Waals surface area contributed by atoms with Crippen LogP contribution in [0.4, 0.5) is 5.69 Å². The average molecular weight is 480 g/mol. The van der Waals surface area contributed by atoms with E-state index in [0.29, 0.717) is 11.1 Å². The van der Waals surface area contributed by atoms with Crippen molar-refractivity contribution in [1.29, 1.82) is 10.5 Å². The molecule has 1 aromatic heterocycles. The quantitative estimate of drug-likeness (QED) is 0.507. The largest absolute Gasteiger partial charge is 0.360 e. The molecule has 0 spiro atoms. The summed E-state index contributed by atoms with van der Waals surface area (Å²) >= 11 is 1.08. The topological polar surface area (TPSA) is 117 Å². The second-order valence-electron chi connectivity index (χ2n) is 8.03. The first-order chi connectivity index (χ1) is 16.5. The number of hydrogen-bond acceptors (Lipinski definition) is 8. The van der Waals surface area contributed by atoms with Crippen molar-refractivity contribution in [3.8, 4) is 12.1 Å². The second-order valence-corrected chi connectivity index (χ2v) is 9.06. The van der Waals surface area contributed by atoms with Crippen molar-refractivity contribution in [3.63, 3.8) is 0 Å². The van der Waals surface area contributed by atoms with Crippen molar-refractivity contribution in [3.05, 3.63) is 49.4 Å². The van der Waals surface area contributed by atoms with E-state index < -0.39 is 5.91 Å².